The van der Waals surface area contributed by atoms with Crippen LogP contribution in [0, 0.1) is 0 Å². The molecular weight excluding hydrogens is 410 g/mol. The second kappa shape index (κ2) is 7.00. The van der Waals surface area contributed by atoms with Crippen LogP contribution >= 0.6 is 15.9 Å². The zero-order chi connectivity index (χ0) is 19.0. The van der Waals surface area contributed by atoms with E-state index in [0.29, 0.717) is 23.3 Å². The number of rotatable bonds is 4. The monoisotopic (exact) mass is 425 g/mol. The van der Waals surface area contributed by atoms with Crippen molar-refractivity contribution in [3.05, 3.63) is 63.4 Å². The largest absolute Gasteiger partial charge is 0.506 e. The van der Waals surface area contributed by atoms with Crippen LogP contribution < -0.4 is 5.56 Å². The van der Waals surface area contributed by atoms with Crippen molar-refractivity contribution in [2.24, 2.45) is 0 Å². The van der Waals surface area contributed by atoms with Gasteiger partial charge in [-0.15, -0.1) is 0 Å². The van der Waals surface area contributed by atoms with Gasteiger partial charge >= 0.3 is 0 Å². The molecule has 136 valence electrons. The van der Waals surface area contributed by atoms with E-state index >= 15 is 0 Å². The summed E-state index contributed by atoms with van der Waals surface area (Å²) in [6.07, 6.45) is 0.779. The molecule has 0 spiro atoms. The second-order valence-electron chi connectivity index (χ2n) is 6.13. The maximum Gasteiger partial charge on any atom is 0.267 e. The Bertz CT molecular complexity index is 1200. The maximum absolute atomic E-state index is 13.1. The van der Waals surface area contributed by atoms with Crippen molar-refractivity contribution in [1.29, 1.82) is 0 Å². The Balaban J connectivity index is 1.93. The SMILES string of the molecule is CCCn1c(=O)c(-c2nc(-c3cccc(Br)c3)no2)c(O)c2ccccc21. The van der Waals surface area contributed by atoms with Crippen LogP contribution in [0.2, 0.25) is 0 Å². The van der Waals surface area contributed by atoms with Gasteiger partial charge in [-0.05, 0) is 30.7 Å². The van der Waals surface area contributed by atoms with Crippen molar-refractivity contribution in [2.75, 3.05) is 0 Å². The van der Waals surface area contributed by atoms with Gasteiger partial charge in [0.25, 0.3) is 11.4 Å². The van der Waals surface area contributed by atoms with Crippen LogP contribution in [0.5, 0.6) is 5.75 Å². The number of fused-ring (bicyclic) bond motifs is 1. The van der Waals surface area contributed by atoms with Gasteiger partial charge < -0.3 is 14.2 Å². The molecule has 6 nitrogen and oxygen atoms in total. The third kappa shape index (κ3) is 3.04. The smallest absolute Gasteiger partial charge is 0.267 e. The average molecular weight is 426 g/mol. The van der Waals surface area contributed by atoms with Crippen molar-refractivity contribution < 1.29 is 9.63 Å². The molecule has 0 unspecified atom stereocenters. The van der Waals surface area contributed by atoms with E-state index in [9.17, 15) is 9.90 Å². The number of hydrogen-bond donors (Lipinski definition) is 1. The van der Waals surface area contributed by atoms with E-state index in [0.717, 1.165) is 16.5 Å². The minimum Gasteiger partial charge on any atom is -0.506 e. The molecule has 0 radical (unpaired) electrons. The number of aromatic hydroxyl groups is 1. The van der Waals surface area contributed by atoms with E-state index in [-0.39, 0.29) is 22.8 Å². The van der Waals surface area contributed by atoms with Gasteiger partial charge in [0.2, 0.25) is 5.82 Å². The van der Waals surface area contributed by atoms with Crippen LogP contribution in [0.3, 0.4) is 0 Å². The molecule has 7 heteroatoms. The first kappa shape index (κ1) is 17.5. The summed E-state index contributed by atoms with van der Waals surface area (Å²) >= 11 is 3.41. The molecule has 2 aromatic carbocycles. The first-order valence-electron chi connectivity index (χ1n) is 8.54. The summed E-state index contributed by atoms with van der Waals surface area (Å²) < 4.78 is 7.85. The van der Waals surface area contributed by atoms with Gasteiger partial charge in [-0.25, -0.2) is 0 Å². The number of nitrogens with zero attached hydrogens (tertiary/aromatic N) is 3. The number of hydrogen-bond acceptors (Lipinski definition) is 5. The van der Waals surface area contributed by atoms with Crippen molar-refractivity contribution in [1.82, 2.24) is 14.7 Å². The summed E-state index contributed by atoms with van der Waals surface area (Å²) in [7, 11) is 0. The van der Waals surface area contributed by atoms with Crippen LogP contribution in [0.25, 0.3) is 33.7 Å². The summed E-state index contributed by atoms with van der Waals surface area (Å²) in [4.78, 5) is 17.4. The van der Waals surface area contributed by atoms with Gasteiger partial charge in [0.05, 0.1) is 5.52 Å². The molecule has 0 saturated carbocycles. The van der Waals surface area contributed by atoms with Gasteiger partial charge in [-0.1, -0.05) is 52.3 Å². The molecule has 2 aromatic heterocycles. The maximum atomic E-state index is 13.1. The molecule has 0 aliphatic heterocycles. The molecule has 4 rings (SSSR count). The number of pyridine rings is 1. The summed E-state index contributed by atoms with van der Waals surface area (Å²) in [6, 6.07) is 14.7. The first-order chi connectivity index (χ1) is 13.1. The highest BCUT2D eigenvalue weighted by molar-refractivity contribution is 9.10. The third-order valence-corrected chi connectivity index (χ3v) is 4.81. The molecule has 27 heavy (non-hydrogen) atoms. The van der Waals surface area contributed by atoms with Gasteiger partial charge in [0.15, 0.2) is 0 Å². The normalized spacial score (nSPS) is 11.2. The number of aryl methyl sites for hydroxylation is 1. The minimum absolute atomic E-state index is 0.00285. The Morgan fingerprint density at radius 2 is 2.00 bits per heavy atom. The number of para-hydroxylation sites is 1. The third-order valence-electron chi connectivity index (χ3n) is 4.32. The Labute approximate surface area is 163 Å². The molecule has 1 N–H and O–H groups in total. The minimum atomic E-state index is -0.350. The zero-order valence-electron chi connectivity index (χ0n) is 14.5. The zero-order valence-corrected chi connectivity index (χ0v) is 16.1. The van der Waals surface area contributed by atoms with Gasteiger partial charge in [0, 0.05) is 22.0 Å². The Kier molecular flexibility index (Phi) is 4.53. The van der Waals surface area contributed by atoms with Crippen LogP contribution in [-0.2, 0) is 6.54 Å². The molecule has 0 bridgehead atoms. The molecule has 0 aliphatic rings. The molecule has 0 fully saturated rings. The quantitative estimate of drug-likeness (QED) is 0.516. The highest BCUT2D eigenvalue weighted by Crippen LogP contribution is 2.33. The molecule has 0 amide bonds. The fourth-order valence-electron chi connectivity index (χ4n) is 3.10. The molecule has 4 aromatic rings. The van der Waals surface area contributed by atoms with E-state index in [2.05, 4.69) is 26.1 Å². The summed E-state index contributed by atoms with van der Waals surface area (Å²) in [6.45, 7) is 2.52. The lowest BCUT2D eigenvalue weighted by Gasteiger charge is -2.12. The number of benzene rings is 2. The molecule has 2 heterocycles. The van der Waals surface area contributed by atoms with Crippen molar-refractivity contribution in [3.63, 3.8) is 0 Å². The van der Waals surface area contributed by atoms with Crippen LogP contribution in [0.1, 0.15) is 13.3 Å². The van der Waals surface area contributed by atoms with E-state index in [1.54, 1.807) is 10.6 Å². The van der Waals surface area contributed by atoms with Gasteiger partial charge in [0.1, 0.15) is 11.3 Å². The number of halogens is 1. The molecule has 0 atom stereocenters. The first-order valence-corrected chi connectivity index (χ1v) is 9.34. The van der Waals surface area contributed by atoms with E-state index in [1.807, 2.05) is 49.4 Å². The lowest BCUT2D eigenvalue weighted by molar-refractivity contribution is 0.425. The van der Waals surface area contributed by atoms with E-state index in [4.69, 9.17) is 4.52 Å². The van der Waals surface area contributed by atoms with Crippen molar-refractivity contribution in [3.8, 4) is 28.6 Å². The van der Waals surface area contributed by atoms with E-state index in [1.165, 1.54) is 0 Å². The molecule has 0 aliphatic carbocycles. The van der Waals surface area contributed by atoms with Gasteiger partial charge in [-0.3, -0.25) is 4.79 Å². The topological polar surface area (TPSA) is 81.2 Å². The van der Waals surface area contributed by atoms with E-state index < -0.39 is 0 Å². The Morgan fingerprint density at radius 3 is 2.78 bits per heavy atom. The summed E-state index contributed by atoms with van der Waals surface area (Å²) in [5.41, 5.74) is 1.10. The lowest BCUT2D eigenvalue weighted by atomic mass is 10.1. The Hall–Kier alpha value is -2.93. The Morgan fingerprint density at radius 1 is 1.19 bits per heavy atom. The van der Waals surface area contributed by atoms with Crippen LogP contribution in [0.15, 0.2) is 62.3 Å². The average Bonchev–Trinajstić information content (AvgIpc) is 3.15. The summed E-state index contributed by atoms with van der Waals surface area (Å²) in [5.74, 6) is 0.204. The van der Waals surface area contributed by atoms with Crippen molar-refractivity contribution >= 4 is 26.8 Å². The lowest BCUT2D eigenvalue weighted by Crippen LogP contribution is -2.22. The fourth-order valence-corrected chi connectivity index (χ4v) is 3.50. The number of aromatic nitrogens is 3. The predicted octanol–water partition coefficient (Wildman–Crippen LogP) is 4.60. The molecule has 0 saturated heterocycles. The van der Waals surface area contributed by atoms with Crippen LogP contribution in [-0.4, -0.2) is 19.8 Å². The highest BCUT2D eigenvalue weighted by atomic mass is 79.9. The van der Waals surface area contributed by atoms with Crippen molar-refractivity contribution in [2.45, 2.75) is 19.9 Å². The molecular formula is C20H16BrN3O3. The summed E-state index contributed by atoms with van der Waals surface area (Å²) in [5, 5.41) is 15.3. The predicted molar refractivity (Wildman–Crippen MR) is 107 cm³/mol. The fraction of sp³-hybridized carbons (Fsp3) is 0.150. The highest BCUT2D eigenvalue weighted by Gasteiger charge is 2.22. The standard InChI is InChI=1S/C20H16BrN3O3/c1-2-10-24-15-9-4-3-8-14(15)17(25)16(20(24)26)19-22-18(23-27-19)12-6-5-7-13(21)11-12/h3-9,11,25H,2,10H2,1H3. The second-order valence-corrected chi connectivity index (χ2v) is 7.05. The van der Waals surface area contributed by atoms with Crippen LogP contribution in [0.4, 0.5) is 0 Å². The van der Waals surface area contributed by atoms with Gasteiger partial charge in [-0.2, -0.15) is 4.98 Å².